The highest BCUT2D eigenvalue weighted by Crippen LogP contribution is 2.20. The first-order valence-electron chi connectivity index (χ1n) is 4.65. The van der Waals surface area contributed by atoms with E-state index in [1.165, 1.54) is 6.92 Å². The summed E-state index contributed by atoms with van der Waals surface area (Å²) in [6.45, 7) is 9.54. The fourth-order valence-electron chi connectivity index (χ4n) is 1.28. The Labute approximate surface area is 84.3 Å². The van der Waals surface area contributed by atoms with Crippen LogP contribution in [0.15, 0.2) is 6.07 Å². The molecule has 0 aliphatic rings. The number of aryl methyl sites for hydroxylation is 1. The van der Waals surface area contributed by atoms with Crippen molar-refractivity contribution in [1.82, 2.24) is 9.78 Å². The fourth-order valence-corrected chi connectivity index (χ4v) is 1.28. The molecular weight excluding hydrogens is 178 g/mol. The topological polar surface area (TPSA) is 46.9 Å². The van der Waals surface area contributed by atoms with Gasteiger partial charge in [0, 0.05) is 13.0 Å². The predicted molar refractivity (Wildman–Crippen MR) is 56.3 cm³/mol. The standard InChI is InChI=1S/C10H17N3O/c1-7-6-9(11-8(2)14)13(12-7)10(3,4)5/h6H,1-5H3,(H,11,14). The monoisotopic (exact) mass is 195 g/mol. The van der Waals surface area contributed by atoms with Crippen molar-refractivity contribution in [2.75, 3.05) is 5.32 Å². The van der Waals surface area contributed by atoms with Gasteiger partial charge in [0.15, 0.2) is 0 Å². The maximum atomic E-state index is 10.9. The first-order valence-corrected chi connectivity index (χ1v) is 4.65. The van der Waals surface area contributed by atoms with E-state index < -0.39 is 0 Å². The average molecular weight is 195 g/mol. The molecule has 14 heavy (non-hydrogen) atoms. The van der Waals surface area contributed by atoms with Crippen molar-refractivity contribution in [3.05, 3.63) is 11.8 Å². The van der Waals surface area contributed by atoms with Gasteiger partial charge in [-0.05, 0) is 27.7 Å². The highest BCUT2D eigenvalue weighted by atomic mass is 16.1. The van der Waals surface area contributed by atoms with Gasteiger partial charge in [-0.25, -0.2) is 4.68 Å². The lowest BCUT2D eigenvalue weighted by molar-refractivity contribution is -0.114. The molecule has 0 saturated heterocycles. The summed E-state index contributed by atoms with van der Waals surface area (Å²) in [5, 5.41) is 7.10. The van der Waals surface area contributed by atoms with Gasteiger partial charge in [0.05, 0.1) is 11.2 Å². The van der Waals surface area contributed by atoms with E-state index in [0.29, 0.717) is 0 Å². The van der Waals surface area contributed by atoms with Crippen molar-refractivity contribution < 1.29 is 4.79 Å². The van der Waals surface area contributed by atoms with Crippen LogP contribution >= 0.6 is 0 Å². The largest absolute Gasteiger partial charge is 0.311 e. The van der Waals surface area contributed by atoms with E-state index in [1.807, 2.05) is 38.4 Å². The summed E-state index contributed by atoms with van der Waals surface area (Å²) in [6, 6.07) is 1.87. The van der Waals surface area contributed by atoms with Crippen LogP contribution in [0.4, 0.5) is 5.82 Å². The van der Waals surface area contributed by atoms with E-state index in [0.717, 1.165) is 11.5 Å². The number of anilines is 1. The Balaban J connectivity index is 3.09. The molecule has 78 valence electrons. The summed E-state index contributed by atoms with van der Waals surface area (Å²) >= 11 is 0. The highest BCUT2D eigenvalue weighted by Gasteiger charge is 2.18. The molecule has 1 heterocycles. The van der Waals surface area contributed by atoms with Gasteiger partial charge in [-0.3, -0.25) is 4.79 Å². The molecule has 4 nitrogen and oxygen atoms in total. The molecule has 1 amide bonds. The van der Waals surface area contributed by atoms with Gasteiger partial charge in [0.1, 0.15) is 5.82 Å². The second kappa shape index (κ2) is 3.44. The molecule has 0 atom stereocenters. The minimum absolute atomic E-state index is 0.0737. The highest BCUT2D eigenvalue weighted by molar-refractivity contribution is 5.87. The summed E-state index contributed by atoms with van der Waals surface area (Å²) in [7, 11) is 0. The van der Waals surface area contributed by atoms with Crippen LogP contribution in [0.3, 0.4) is 0 Å². The van der Waals surface area contributed by atoms with Crippen LogP contribution in [0.25, 0.3) is 0 Å². The molecule has 0 spiro atoms. The number of nitrogens with zero attached hydrogens (tertiary/aromatic N) is 2. The first-order chi connectivity index (χ1) is 6.30. The number of aromatic nitrogens is 2. The molecule has 0 unspecified atom stereocenters. The Morgan fingerprint density at radius 2 is 2.07 bits per heavy atom. The molecule has 1 aromatic rings. The number of amides is 1. The third kappa shape index (κ3) is 2.34. The summed E-state index contributed by atoms with van der Waals surface area (Å²) < 4.78 is 1.82. The molecule has 0 fully saturated rings. The number of hydrogen-bond donors (Lipinski definition) is 1. The Bertz CT molecular complexity index is 347. The third-order valence-corrected chi connectivity index (χ3v) is 1.77. The molecule has 0 saturated carbocycles. The second-order valence-corrected chi connectivity index (χ2v) is 4.43. The normalized spacial score (nSPS) is 11.5. The lowest BCUT2D eigenvalue weighted by atomic mass is 10.1. The maximum absolute atomic E-state index is 10.9. The Hall–Kier alpha value is -1.32. The smallest absolute Gasteiger partial charge is 0.222 e. The Kier molecular flexibility index (Phi) is 2.64. The van der Waals surface area contributed by atoms with Crippen molar-refractivity contribution in [2.45, 2.75) is 40.2 Å². The van der Waals surface area contributed by atoms with Gasteiger partial charge in [0.25, 0.3) is 0 Å². The molecule has 1 rings (SSSR count). The van der Waals surface area contributed by atoms with Crippen LogP contribution in [0.5, 0.6) is 0 Å². The number of carbonyl (C=O) groups is 1. The van der Waals surface area contributed by atoms with E-state index in [-0.39, 0.29) is 11.4 Å². The number of carbonyl (C=O) groups excluding carboxylic acids is 1. The van der Waals surface area contributed by atoms with E-state index in [4.69, 9.17) is 0 Å². The van der Waals surface area contributed by atoms with Crippen molar-refractivity contribution >= 4 is 11.7 Å². The Morgan fingerprint density at radius 1 is 1.50 bits per heavy atom. The van der Waals surface area contributed by atoms with E-state index in [2.05, 4.69) is 10.4 Å². The van der Waals surface area contributed by atoms with Crippen LogP contribution in [-0.2, 0) is 10.3 Å². The van der Waals surface area contributed by atoms with Crippen molar-refractivity contribution in [1.29, 1.82) is 0 Å². The second-order valence-electron chi connectivity index (χ2n) is 4.43. The van der Waals surface area contributed by atoms with Crippen molar-refractivity contribution in [3.8, 4) is 0 Å². The molecule has 1 N–H and O–H groups in total. The van der Waals surface area contributed by atoms with Gasteiger partial charge >= 0.3 is 0 Å². The average Bonchev–Trinajstić information content (AvgIpc) is 2.28. The van der Waals surface area contributed by atoms with Crippen molar-refractivity contribution in [2.24, 2.45) is 0 Å². The van der Waals surface area contributed by atoms with Gasteiger partial charge < -0.3 is 5.32 Å². The van der Waals surface area contributed by atoms with Crippen LogP contribution in [-0.4, -0.2) is 15.7 Å². The Morgan fingerprint density at radius 3 is 2.50 bits per heavy atom. The minimum atomic E-state index is -0.119. The maximum Gasteiger partial charge on any atom is 0.222 e. The SMILES string of the molecule is CC(=O)Nc1cc(C)nn1C(C)(C)C. The lowest BCUT2D eigenvalue weighted by Gasteiger charge is -2.22. The minimum Gasteiger partial charge on any atom is -0.311 e. The first kappa shape index (κ1) is 10.8. The third-order valence-electron chi connectivity index (χ3n) is 1.77. The summed E-state index contributed by atoms with van der Waals surface area (Å²) in [4.78, 5) is 10.9. The van der Waals surface area contributed by atoms with E-state index in [9.17, 15) is 4.79 Å². The predicted octanol–water partition coefficient (Wildman–Crippen LogP) is 1.90. The number of rotatable bonds is 1. The van der Waals surface area contributed by atoms with Gasteiger partial charge in [-0.1, -0.05) is 0 Å². The number of nitrogens with one attached hydrogen (secondary N) is 1. The quantitative estimate of drug-likeness (QED) is 0.744. The summed E-state index contributed by atoms with van der Waals surface area (Å²) in [6.07, 6.45) is 0. The zero-order valence-corrected chi connectivity index (χ0v) is 9.38. The van der Waals surface area contributed by atoms with Crippen LogP contribution in [0.1, 0.15) is 33.4 Å². The molecule has 4 heteroatoms. The van der Waals surface area contributed by atoms with E-state index in [1.54, 1.807) is 0 Å². The van der Waals surface area contributed by atoms with Gasteiger partial charge in [-0.2, -0.15) is 5.10 Å². The molecule has 0 aromatic carbocycles. The van der Waals surface area contributed by atoms with Crippen molar-refractivity contribution in [3.63, 3.8) is 0 Å². The fraction of sp³-hybridized carbons (Fsp3) is 0.600. The van der Waals surface area contributed by atoms with Gasteiger partial charge in [0.2, 0.25) is 5.91 Å². The van der Waals surface area contributed by atoms with Crippen LogP contribution in [0, 0.1) is 6.92 Å². The lowest BCUT2D eigenvalue weighted by Crippen LogP contribution is -2.26. The van der Waals surface area contributed by atoms with E-state index >= 15 is 0 Å². The van der Waals surface area contributed by atoms with Gasteiger partial charge in [-0.15, -0.1) is 0 Å². The molecule has 0 aliphatic heterocycles. The van der Waals surface area contributed by atoms with Crippen LogP contribution < -0.4 is 5.32 Å². The number of hydrogen-bond acceptors (Lipinski definition) is 2. The molecular formula is C10H17N3O. The van der Waals surface area contributed by atoms with Crippen LogP contribution in [0.2, 0.25) is 0 Å². The summed E-state index contributed by atoms with van der Waals surface area (Å²) in [5.41, 5.74) is 0.787. The molecule has 0 radical (unpaired) electrons. The molecule has 0 aliphatic carbocycles. The molecule has 0 bridgehead atoms. The summed E-state index contributed by atoms with van der Waals surface area (Å²) in [5.74, 6) is 0.679. The zero-order valence-electron chi connectivity index (χ0n) is 9.38. The molecule has 1 aromatic heterocycles. The zero-order chi connectivity index (χ0) is 10.9.